The highest BCUT2D eigenvalue weighted by atomic mass is 16.5. The van der Waals surface area contributed by atoms with Gasteiger partial charge in [0.25, 0.3) is 11.8 Å². The molecule has 0 radical (unpaired) electrons. The first-order valence-electron chi connectivity index (χ1n) is 7.84. The van der Waals surface area contributed by atoms with Crippen molar-refractivity contribution in [1.82, 2.24) is 4.90 Å². The number of hydrogen-bond acceptors (Lipinski definition) is 4. The van der Waals surface area contributed by atoms with E-state index in [1.165, 1.54) is 4.90 Å². The summed E-state index contributed by atoms with van der Waals surface area (Å²) in [7, 11) is 0. The minimum Gasteiger partial charge on any atom is -0.491 e. The molecule has 2 aromatic carbocycles. The summed E-state index contributed by atoms with van der Waals surface area (Å²) in [5.41, 5.74) is 1.06. The van der Waals surface area contributed by atoms with Gasteiger partial charge in [-0.1, -0.05) is 25.5 Å². The van der Waals surface area contributed by atoms with Crippen LogP contribution in [0.5, 0.6) is 5.75 Å². The van der Waals surface area contributed by atoms with Crippen molar-refractivity contribution < 1.29 is 19.4 Å². The van der Waals surface area contributed by atoms with Gasteiger partial charge in [-0.05, 0) is 24.6 Å². The zero-order valence-electron chi connectivity index (χ0n) is 13.0. The summed E-state index contributed by atoms with van der Waals surface area (Å²) in [5.74, 6) is 0.0731. The lowest BCUT2D eigenvalue weighted by Crippen LogP contribution is -2.40. The van der Waals surface area contributed by atoms with Gasteiger partial charge in [-0.2, -0.15) is 0 Å². The highest BCUT2D eigenvalue weighted by Crippen LogP contribution is 2.35. The molecule has 0 bridgehead atoms. The van der Waals surface area contributed by atoms with Crippen molar-refractivity contribution in [2.24, 2.45) is 0 Å². The lowest BCUT2D eigenvalue weighted by molar-refractivity contribution is 0.0608. The molecule has 0 saturated heterocycles. The molecule has 120 valence electrons. The van der Waals surface area contributed by atoms with Crippen molar-refractivity contribution in [2.45, 2.75) is 19.8 Å². The Morgan fingerprint density at radius 3 is 2.52 bits per heavy atom. The monoisotopic (exact) mass is 313 g/mol. The molecule has 0 aliphatic carbocycles. The first-order valence-corrected chi connectivity index (χ1v) is 7.84. The lowest BCUT2D eigenvalue weighted by atomic mass is 9.93. The van der Waals surface area contributed by atoms with E-state index < -0.39 is 0 Å². The standard InChI is InChI=1S/C18H19NO4/c1-2-3-9-19-17(21)13-6-4-5-12-15(23-11-10-20)8-7-14(16(12)13)18(19)22/h4-8,20H,2-3,9-11H2,1H3. The van der Waals surface area contributed by atoms with Crippen molar-refractivity contribution in [1.29, 1.82) is 0 Å². The van der Waals surface area contributed by atoms with Gasteiger partial charge in [-0.3, -0.25) is 14.5 Å². The van der Waals surface area contributed by atoms with Crippen molar-refractivity contribution in [2.75, 3.05) is 19.8 Å². The Morgan fingerprint density at radius 2 is 1.83 bits per heavy atom. The van der Waals surface area contributed by atoms with E-state index in [2.05, 4.69) is 0 Å². The van der Waals surface area contributed by atoms with E-state index in [1.54, 1.807) is 24.3 Å². The summed E-state index contributed by atoms with van der Waals surface area (Å²) in [6.45, 7) is 2.54. The van der Waals surface area contributed by atoms with Crippen molar-refractivity contribution in [3.05, 3.63) is 41.5 Å². The number of imide groups is 1. The Kier molecular flexibility index (Phi) is 4.30. The number of unbranched alkanes of at least 4 members (excludes halogenated alkanes) is 1. The molecule has 2 aromatic rings. The SMILES string of the molecule is CCCCN1C(=O)c2cccc3c(OCCO)ccc(c23)C1=O. The van der Waals surface area contributed by atoms with E-state index in [1.807, 2.05) is 13.0 Å². The molecule has 1 heterocycles. The molecule has 1 aliphatic heterocycles. The Labute approximate surface area is 134 Å². The van der Waals surface area contributed by atoms with Crippen molar-refractivity contribution >= 4 is 22.6 Å². The Balaban J connectivity index is 2.13. The summed E-state index contributed by atoms with van der Waals surface area (Å²) >= 11 is 0. The quantitative estimate of drug-likeness (QED) is 0.833. The van der Waals surface area contributed by atoms with E-state index in [-0.39, 0.29) is 25.0 Å². The maximum absolute atomic E-state index is 12.7. The Bertz CT molecular complexity index is 747. The average Bonchev–Trinajstić information content (AvgIpc) is 2.58. The fraction of sp³-hybridized carbons (Fsp3) is 0.333. The third kappa shape index (κ3) is 2.57. The van der Waals surface area contributed by atoms with Crippen LogP contribution < -0.4 is 4.74 Å². The number of aliphatic hydroxyl groups is 1. The molecular weight excluding hydrogens is 294 g/mol. The van der Waals surface area contributed by atoms with Crippen LogP contribution in [0.2, 0.25) is 0 Å². The molecule has 0 aromatic heterocycles. The highest BCUT2D eigenvalue weighted by molar-refractivity contribution is 6.26. The Hall–Kier alpha value is -2.40. The van der Waals surface area contributed by atoms with E-state index in [0.717, 1.165) is 18.2 Å². The lowest BCUT2D eigenvalue weighted by Gasteiger charge is -2.27. The molecule has 5 nitrogen and oxygen atoms in total. The van der Waals surface area contributed by atoms with E-state index in [0.29, 0.717) is 28.8 Å². The first kappa shape index (κ1) is 15.5. The van der Waals surface area contributed by atoms with Crippen LogP contribution in [-0.2, 0) is 0 Å². The van der Waals surface area contributed by atoms with E-state index in [4.69, 9.17) is 9.84 Å². The molecule has 23 heavy (non-hydrogen) atoms. The first-order chi connectivity index (χ1) is 11.2. The van der Waals surface area contributed by atoms with Gasteiger partial charge in [0.1, 0.15) is 12.4 Å². The molecule has 5 heteroatoms. The van der Waals surface area contributed by atoms with Gasteiger partial charge in [0.2, 0.25) is 0 Å². The van der Waals surface area contributed by atoms with Crippen LogP contribution in [0.4, 0.5) is 0 Å². The summed E-state index contributed by atoms with van der Waals surface area (Å²) in [4.78, 5) is 26.7. The molecule has 3 rings (SSSR count). The third-order valence-corrected chi connectivity index (χ3v) is 4.04. The average molecular weight is 313 g/mol. The molecule has 1 aliphatic rings. The highest BCUT2D eigenvalue weighted by Gasteiger charge is 2.32. The van der Waals surface area contributed by atoms with E-state index in [9.17, 15) is 9.59 Å². The van der Waals surface area contributed by atoms with Crippen LogP contribution in [0.1, 0.15) is 40.5 Å². The van der Waals surface area contributed by atoms with Crippen LogP contribution >= 0.6 is 0 Å². The topological polar surface area (TPSA) is 66.8 Å². The molecule has 1 N–H and O–H groups in total. The van der Waals surface area contributed by atoms with Gasteiger partial charge in [-0.15, -0.1) is 0 Å². The predicted molar refractivity (Wildman–Crippen MR) is 86.8 cm³/mol. The van der Waals surface area contributed by atoms with Gasteiger partial charge < -0.3 is 9.84 Å². The van der Waals surface area contributed by atoms with Gasteiger partial charge >= 0.3 is 0 Å². The van der Waals surface area contributed by atoms with Crippen LogP contribution in [0.15, 0.2) is 30.3 Å². The zero-order valence-corrected chi connectivity index (χ0v) is 13.0. The van der Waals surface area contributed by atoms with Crippen molar-refractivity contribution in [3.63, 3.8) is 0 Å². The summed E-state index contributed by atoms with van der Waals surface area (Å²) in [6, 6.07) is 8.79. The minimum absolute atomic E-state index is 0.0917. The fourth-order valence-electron chi connectivity index (χ4n) is 2.92. The minimum atomic E-state index is -0.249. The second kappa shape index (κ2) is 6.38. The predicted octanol–water partition coefficient (Wildman–Crippen LogP) is 2.61. The second-order valence-electron chi connectivity index (χ2n) is 5.53. The number of rotatable bonds is 6. The number of aliphatic hydroxyl groups excluding tert-OH is 1. The number of nitrogens with zero attached hydrogens (tertiary/aromatic N) is 1. The number of carbonyl (C=O) groups is 2. The number of carbonyl (C=O) groups excluding carboxylic acids is 2. The van der Waals surface area contributed by atoms with Crippen LogP contribution in [-0.4, -0.2) is 41.6 Å². The maximum atomic E-state index is 12.7. The molecule has 0 fully saturated rings. The van der Waals surface area contributed by atoms with Crippen LogP contribution in [0, 0.1) is 0 Å². The zero-order chi connectivity index (χ0) is 16.4. The molecule has 0 unspecified atom stereocenters. The summed E-state index contributed by atoms with van der Waals surface area (Å²) < 4.78 is 5.52. The molecule has 2 amide bonds. The Morgan fingerprint density at radius 1 is 1.09 bits per heavy atom. The van der Waals surface area contributed by atoms with Gasteiger partial charge in [0, 0.05) is 28.4 Å². The van der Waals surface area contributed by atoms with Gasteiger partial charge in [-0.25, -0.2) is 0 Å². The maximum Gasteiger partial charge on any atom is 0.261 e. The number of amides is 2. The number of hydrogen-bond donors (Lipinski definition) is 1. The molecule has 0 atom stereocenters. The van der Waals surface area contributed by atoms with Crippen LogP contribution in [0.3, 0.4) is 0 Å². The fourth-order valence-corrected chi connectivity index (χ4v) is 2.92. The van der Waals surface area contributed by atoms with E-state index >= 15 is 0 Å². The van der Waals surface area contributed by atoms with Crippen molar-refractivity contribution in [3.8, 4) is 5.75 Å². The van der Waals surface area contributed by atoms with Gasteiger partial charge in [0.15, 0.2) is 0 Å². The summed E-state index contributed by atoms with van der Waals surface area (Å²) in [5, 5.41) is 10.3. The number of benzene rings is 2. The molecule has 0 spiro atoms. The molecular formula is C18H19NO4. The number of ether oxygens (including phenoxy) is 1. The normalized spacial score (nSPS) is 13.7. The largest absolute Gasteiger partial charge is 0.491 e. The van der Waals surface area contributed by atoms with Gasteiger partial charge in [0.05, 0.1) is 6.61 Å². The van der Waals surface area contributed by atoms with Crippen LogP contribution in [0.25, 0.3) is 10.8 Å². The third-order valence-electron chi connectivity index (χ3n) is 4.04. The second-order valence-corrected chi connectivity index (χ2v) is 5.53. The smallest absolute Gasteiger partial charge is 0.261 e. The summed E-state index contributed by atoms with van der Waals surface area (Å²) in [6.07, 6.45) is 1.71. The molecule has 0 saturated carbocycles.